The summed E-state index contributed by atoms with van der Waals surface area (Å²) in [6, 6.07) is 7.75. The number of carbonyl (C=O) groups is 2. The smallest absolute Gasteiger partial charge is 0.279 e. The maximum Gasteiger partial charge on any atom is 0.279 e. The second-order valence-electron chi connectivity index (χ2n) is 7.48. The molecule has 1 unspecified atom stereocenters. The Labute approximate surface area is 169 Å². The Morgan fingerprint density at radius 3 is 2.45 bits per heavy atom. The van der Waals surface area contributed by atoms with Crippen LogP contribution in [0.4, 0.5) is 5.69 Å². The fourth-order valence-electron chi connectivity index (χ4n) is 3.58. The molecule has 0 bridgehead atoms. The van der Waals surface area contributed by atoms with Gasteiger partial charge in [0.05, 0.1) is 7.05 Å². The minimum Gasteiger partial charge on any atom is -0.323 e. The number of nitrogens with one attached hydrogen (secondary N) is 3. The van der Waals surface area contributed by atoms with E-state index in [0.29, 0.717) is 11.5 Å². The summed E-state index contributed by atoms with van der Waals surface area (Å²) in [6.07, 6.45) is 1.43. The van der Waals surface area contributed by atoms with Gasteiger partial charge in [-0.05, 0) is 44.9 Å². The van der Waals surface area contributed by atoms with Crippen molar-refractivity contribution in [3.05, 3.63) is 58.7 Å². The summed E-state index contributed by atoms with van der Waals surface area (Å²) in [5, 5.41) is 9.66. The normalized spacial score (nSPS) is 12.0. The van der Waals surface area contributed by atoms with Crippen LogP contribution in [0.1, 0.15) is 32.9 Å². The zero-order chi connectivity index (χ0) is 21.1. The van der Waals surface area contributed by atoms with Crippen LogP contribution in [-0.2, 0) is 4.79 Å². The molecule has 0 fully saturated rings. The van der Waals surface area contributed by atoms with Crippen molar-refractivity contribution < 1.29 is 14.5 Å². The molecule has 0 aliphatic rings. The van der Waals surface area contributed by atoms with Crippen molar-refractivity contribution in [1.82, 2.24) is 19.7 Å². The Hall–Kier alpha value is -3.26. The third kappa shape index (κ3) is 4.43. The Balaban J connectivity index is 1.65. The summed E-state index contributed by atoms with van der Waals surface area (Å²) in [7, 11) is 1.85. The van der Waals surface area contributed by atoms with Gasteiger partial charge >= 0.3 is 0 Å². The number of quaternary nitrogens is 1. The van der Waals surface area contributed by atoms with Crippen molar-refractivity contribution >= 4 is 17.4 Å². The highest BCUT2D eigenvalue weighted by molar-refractivity contribution is 5.98. The Kier molecular flexibility index (Phi) is 5.93. The van der Waals surface area contributed by atoms with Gasteiger partial charge in [0.25, 0.3) is 5.91 Å². The monoisotopic (exact) mass is 395 g/mol. The van der Waals surface area contributed by atoms with Crippen LogP contribution in [0.3, 0.4) is 0 Å². The zero-order valence-electron chi connectivity index (χ0n) is 17.5. The van der Waals surface area contributed by atoms with E-state index in [1.165, 1.54) is 6.33 Å². The largest absolute Gasteiger partial charge is 0.323 e. The summed E-state index contributed by atoms with van der Waals surface area (Å²) < 4.78 is 1.86. The third-order valence-corrected chi connectivity index (χ3v) is 5.02. The fraction of sp³-hybridized carbons (Fsp3) is 0.333. The number of rotatable bonds is 7. The number of likely N-dealkylation sites (N-methyl/N-ethyl adjacent to an activating group) is 1. The Bertz CT molecular complexity index is 1020. The van der Waals surface area contributed by atoms with Crippen LogP contribution >= 0.6 is 0 Å². The second-order valence-corrected chi connectivity index (χ2v) is 7.48. The molecule has 2 heterocycles. The minimum absolute atomic E-state index is 0.0127. The van der Waals surface area contributed by atoms with Crippen LogP contribution in [0.2, 0.25) is 0 Å². The number of aryl methyl sites for hydroxylation is 3. The lowest BCUT2D eigenvalue weighted by Crippen LogP contribution is -3.11. The van der Waals surface area contributed by atoms with E-state index in [4.69, 9.17) is 0 Å². The summed E-state index contributed by atoms with van der Waals surface area (Å²) in [6.45, 7) is 8.16. The van der Waals surface area contributed by atoms with E-state index in [1.807, 2.05) is 63.6 Å². The number of ketones is 1. The van der Waals surface area contributed by atoms with Crippen molar-refractivity contribution in [3.8, 4) is 5.95 Å². The lowest BCUT2D eigenvalue weighted by Gasteiger charge is -2.15. The average molecular weight is 395 g/mol. The number of carbonyl (C=O) groups excluding carboxylic acids is 2. The second kappa shape index (κ2) is 8.40. The highest BCUT2D eigenvalue weighted by Gasteiger charge is 2.22. The van der Waals surface area contributed by atoms with Gasteiger partial charge in [-0.3, -0.25) is 14.2 Å². The molecule has 0 radical (unpaired) electrons. The number of Topliss-reactive ketones (excluding diaryl/α,β-unsaturated/α-hetero) is 1. The number of anilines is 1. The van der Waals surface area contributed by atoms with E-state index in [9.17, 15) is 9.59 Å². The van der Waals surface area contributed by atoms with Crippen LogP contribution < -0.4 is 10.2 Å². The zero-order valence-corrected chi connectivity index (χ0v) is 17.5. The molecule has 1 aromatic carbocycles. The van der Waals surface area contributed by atoms with Gasteiger partial charge in [0.1, 0.15) is 12.9 Å². The lowest BCUT2D eigenvalue weighted by atomic mass is 10.1. The van der Waals surface area contributed by atoms with E-state index in [1.54, 1.807) is 0 Å². The highest BCUT2D eigenvalue weighted by Crippen LogP contribution is 2.19. The van der Waals surface area contributed by atoms with Gasteiger partial charge in [0.2, 0.25) is 11.7 Å². The Morgan fingerprint density at radius 2 is 1.83 bits per heavy atom. The number of aromatic amines is 1. The van der Waals surface area contributed by atoms with Crippen molar-refractivity contribution in [3.63, 3.8) is 0 Å². The molecule has 0 saturated carbocycles. The first-order chi connectivity index (χ1) is 13.8. The summed E-state index contributed by atoms with van der Waals surface area (Å²) in [5.41, 5.74) is 5.21. The first-order valence-corrected chi connectivity index (χ1v) is 9.53. The Morgan fingerprint density at radius 1 is 1.14 bits per heavy atom. The van der Waals surface area contributed by atoms with Gasteiger partial charge in [-0.25, -0.2) is 5.10 Å². The van der Waals surface area contributed by atoms with Crippen molar-refractivity contribution in [1.29, 1.82) is 0 Å². The number of amides is 1. The molecule has 3 aromatic rings. The molecule has 3 N–H and O–H groups in total. The van der Waals surface area contributed by atoms with Gasteiger partial charge in [-0.2, -0.15) is 10.1 Å². The number of para-hydroxylation sites is 1. The summed E-state index contributed by atoms with van der Waals surface area (Å²) in [4.78, 5) is 30.3. The minimum atomic E-state index is -0.111. The van der Waals surface area contributed by atoms with Crippen LogP contribution in [0.25, 0.3) is 5.95 Å². The van der Waals surface area contributed by atoms with Crippen LogP contribution in [0.5, 0.6) is 0 Å². The van der Waals surface area contributed by atoms with E-state index in [-0.39, 0.29) is 24.8 Å². The number of hydrogen-bond donors (Lipinski definition) is 3. The quantitative estimate of drug-likeness (QED) is 0.523. The van der Waals surface area contributed by atoms with E-state index >= 15 is 0 Å². The highest BCUT2D eigenvalue weighted by atomic mass is 16.2. The SMILES string of the molecule is Cc1cccc(C)c1NC(=O)C[NH+](C)CC(=O)c1cc(C)n(-c2ncn[nH]2)c1C. The fourth-order valence-corrected chi connectivity index (χ4v) is 3.58. The van der Waals surface area contributed by atoms with E-state index in [2.05, 4.69) is 20.5 Å². The molecule has 8 nitrogen and oxygen atoms in total. The molecular weight excluding hydrogens is 368 g/mol. The molecule has 0 aliphatic carbocycles. The maximum atomic E-state index is 12.8. The predicted molar refractivity (Wildman–Crippen MR) is 111 cm³/mol. The van der Waals surface area contributed by atoms with E-state index < -0.39 is 0 Å². The molecule has 152 valence electrons. The summed E-state index contributed by atoms with van der Waals surface area (Å²) >= 11 is 0. The first-order valence-electron chi connectivity index (χ1n) is 9.53. The molecule has 3 rings (SSSR count). The van der Waals surface area contributed by atoms with Crippen LogP contribution in [-0.4, -0.2) is 51.6 Å². The molecule has 8 heteroatoms. The lowest BCUT2D eigenvalue weighted by molar-refractivity contribution is -0.861. The molecule has 1 amide bonds. The first kappa shape index (κ1) is 20.5. The van der Waals surface area contributed by atoms with Crippen LogP contribution in [0.15, 0.2) is 30.6 Å². The van der Waals surface area contributed by atoms with Gasteiger partial charge in [-0.15, -0.1) is 0 Å². The van der Waals surface area contributed by atoms with E-state index in [0.717, 1.165) is 33.1 Å². The molecular formula is C21H27N6O2+. The van der Waals surface area contributed by atoms with Crippen molar-refractivity contribution in [2.24, 2.45) is 0 Å². The van der Waals surface area contributed by atoms with Gasteiger partial charge in [-0.1, -0.05) is 18.2 Å². The number of nitrogens with zero attached hydrogens (tertiary/aromatic N) is 3. The van der Waals surface area contributed by atoms with Crippen molar-refractivity contribution in [2.45, 2.75) is 27.7 Å². The van der Waals surface area contributed by atoms with Gasteiger partial charge in [0, 0.05) is 22.6 Å². The third-order valence-electron chi connectivity index (χ3n) is 5.02. The molecule has 0 saturated heterocycles. The molecule has 2 aromatic heterocycles. The van der Waals surface area contributed by atoms with Crippen molar-refractivity contribution in [2.75, 3.05) is 25.5 Å². The molecule has 0 aliphatic heterocycles. The molecule has 1 atom stereocenters. The number of benzene rings is 1. The van der Waals surface area contributed by atoms with Gasteiger partial charge < -0.3 is 10.2 Å². The predicted octanol–water partition coefficient (Wildman–Crippen LogP) is 1.17. The average Bonchev–Trinajstić information content (AvgIpc) is 3.25. The molecule has 0 spiro atoms. The number of H-pyrrole nitrogens is 1. The summed E-state index contributed by atoms with van der Waals surface area (Å²) in [5.74, 6) is 0.453. The maximum absolute atomic E-state index is 12.8. The number of hydrogen-bond acceptors (Lipinski definition) is 4. The molecule has 29 heavy (non-hydrogen) atoms. The standard InChI is InChI=1S/C21H26N6O2/c1-13-7-6-8-14(2)20(13)24-19(29)11-26(5)10-18(28)17-9-15(3)27(16(17)4)21-22-12-23-25-21/h6-9,12H,10-11H2,1-5H3,(H,24,29)(H,22,23,25)/p+1. The topological polar surface area (TPSA) is 97.1 Å². The van der Waals surface area contributed by atoms with Crippen LogP contribution in [0, 0.1) is 27.7 Å². The number of aromatic nitrogens is 4. The van der Waals surface area contributed by atoms with Gasteiger partial charge in [0.15, 0.2) is 6.54 Å².